The van der Waals surface area contributed by atoms with Crippen molar-refractivity contribution in [2.45, 2.75) is 175 Å². The number of thiophene rings is 8. The van der Waals surface area contributed by atoms with Gasteiger partial charge in [-0.3, -0.25) is 0 Å². The van der Waals surface area contributed by atoms with Crippen molar-refractivity contribution < 1.29 is 0 Å². The first-order chi connectivity index (χ1) is 35.5. The van der Waals surface area contributed by atoms with Crippen LogP contribution in [-0.2, 0) is 32.1 Å². The smallest absolute Gasteiger partial charge is 0.0481 e. The van der Waals surface area contributed by atoms with Gasteiger partial charge in [0.25, 0.3) is 0 Å². The number of unbranched alkanes of at least 4 members (excludes halogenated alkanes) is 12. The average molecular weight is 1100 g/mol. The van der Waals surface area contributed by atoms with Crippen LogP contribution in [0.15, 0.2) is 78.2 Å². The lowest BCUT2D eigenvalue weighted by Gasteiger charge is -2.05. The van der Waals surface area contributed by atoms with Gasteiger partial charge >= 0.3 is 0 Å². The first-order valence-corrected chi connectivity index (χ1v) is 34.2. The highest BCUT2D eigenvalue weighted by molar-refractivity contribution is 7.31. The Bertz CT molecular complexity index is 2830. The largest absolute Gasteiger partial charge is 0.143 e. The van der Waals surface area contributed by atoms with E-state index in [9.17, 15) is 0 Å². The molecule has 1 fully saturated rings. The molecule has 0 saturated heterocycles. The van der Waals surface area contributed by atoms with Crippen molar-refractivity contribution in [1.29, 1.82) is 0 Å². The molecule has 0 N–H and O–H groups in total. The summed E-state index contributed by atoms with van der Waals surface area (Å²) in [5.41, 5.74) is 6.20. The standard InChI is InChI=1S/C64H75S8/c1-5-9-13-17-27-46-40-41-65-61(46)55-36-32-51(67-55)52-34-38-57(69-52)63-48(29-19-15-11-7-3)43-59(71-63)60-44-49(30-20-16-12-8-4)64(72-60)58-39-35-54(70-58)53-33-37-56(68-53)62-47(28-18-14-10-6-2)42-50(66-62)31-23-26-45-24-21-22-25-45/h21-22,24-25,32-44H,5-20,23,26-31H2,1-4H3. The first-order valence-electron chi connectivity index (χ1n) is 27.6. The lowest BCUT2D eigenvalue weighted by Crippen LogP contribution is -1.92. The van der Waals surface area contributed by atoms with Crippen LogP contribution in [0.3, 0.4) is 0 Å². The number of rotatable bonds is 31. The third-order valence-corrected chi connectivity index (χ3v) is 24.3. The second kappa shape index (κ2) is 28.1. The molecule has 1 aliphatic carbocycles. The Kier molecular flexibility index (Phi) is 21.2. The Morgan fingerprint density at radius 1 is 0.292 bits per heavy atom. The fraction of sp³-hybridized carbons (Fsp3) is 0.422. The van der Waals surface area contributed by atoms with Gasteiger partial charge in [-0.25, -0.2) is 0 Å². The Hall–Kier alpha value is -2.40. The second-order valence-electron chi connectivity index (χ2n) is 19.8. The minimum atomic E-state index is 1.15. The van der Waals surface area contributed by atoms with Crippen LogP contribution in [0.4, 0.5) is 0 Å². The molecule has 0 aromatic carbocycles. The van der Waals surface area contributed by atoms with Gasteiger partial charge < -0.3 is 0 Å². The van der Waals surface area contributed by atoms with Crippen LogP contribution in [0, 0.1) is 31.6 Å². The van der Waals surface area contributed by atoms with Gasteiger partial charge in [0.1, 0.15) is 0 Å². The lowest BCUT2D eigenvalue weighted by atomic mass is 10.00. The number of hydrogen-bond acceptors (Lipinski definition) is 8. The van der Waals surface area contributed by atoms with Crippen molar-refractivity contribution in [3.8, 4) is 68.3 Å². The van der Waals surface area contributed by atoms with Crippen molar-refractivity contribution in [2.75, 3.05) is 0 Å². The van der Waals surface area contributed by atoms with Gasteiger partial charge in [0.2, 0.25) is 0 Å². The molecule has 8 heterocycles. The van der Waals surface area contributed by atoms with E-state index in [1.165, 1.54) is 215 Å². The van der Waals surface area contributed by atoms with Crippen molar-refractivity contribution in [3.05, 3.63) is 137 Å². The maximum absolute atomic E-state index is 2.59. The molecule has 9 rings (SSSR count). The van der Waals surface area contributed by atoms with E-state index in [4.69, 9.17) is 0 Å². The molecule has 8 heteroatoms. The Balaban J connectivity index is 0.961. The van der Waals surface area contributed by atoms with Crippen LogP contribution in [-0.4, -0.2) is 0 Å². The van der Waals surface area contributed by atoms with Gasteiger partial charge in [-0.2, -0.15) is 0 Å². The zero-order chi connectivity index (χ0) is 49.5. The van der Waals surface area contributed by atoms with E-state index >= 15 is 0 Å². The van der Waals surface area contributed by atoms with Gasteiger partial charge in [0, 0.05) is 73.2 Å². The predicted octanol–water partition coefficient (Wildman–Crippen LogP) is 24.1. The Morgan fingerprint density at radius 3 is 1.12 bits per heavy atom. The summed E-state index contributed by atoms with van der Waals surface area (Å²) in [7, 11) is 0. The third kappa shape index (κ3) is 14.3. The molecule has 0 atom stereocenters. The molecule has 0 nitrogen and oxygen atoms in total. The zero-order valence-corrected chi connectivity index (χ0v) is 49.9. The summed E-state index contributed by atoms with van der Waals surface area (Å²) in [5.74, 6) is 1.47. The van der Waals surface area contributed by atoms with E-state index < -0.39 is 0 Å². The molecule has 72 heavy (non-hydrogen) atoms. The van der Waals surface area contributed by atoms with Crippen LogP contribution in [0.5, 0.6) is 0 Å². The van der Waals surface area contributed by atoms with Gasteiger partial charge in [-0.05, 0) is 203 Å². The summed E-state index contributed by atoms with van der Waals surface area (Å²) in [4.78, 5) is 21.8. The molecule has 8 aromatic heterocycles. The molecular weight excluding hydrogens is 1030 g/mol. The second-order valence-corrected chi connectivity index (χ2v) is 28.3. The Morgan fingerprint density at radius 2 is 0.681 bits per heavy atom. The molecule has 0 aliphatic heterocycles. The highest BCUT2D eigenvalue weighted by Crippen LogP contribution is 2.51. The predicted molar refractivity (Wildman–Crippen MR) is 332 cm³/mol. The average Bonchev–Trinajstić information content (AvgIpc) is 4.22. The van der Waals surface area contributed by atoms with E-state index in [1.807, 2.05) is 56.7 Å². The third-order valence-electron chi connectivity index (χ3n) is 14.1. The van der Waals surface area contributed by atoms with Crippen LogP contribution >= 0.6 is 90.7 Å². The van der Waals surface area contributed by atoms with Gasteiger partial charge in [-0.15, -0.1) is 90.7 Å². The molecule has 1 saturated carbocycles. The summed E-state index contributed by atoms with van der Waals surface area (Å²) in [6, 6.07) is 29.4. The number of hydrogen-bond donors (Lipinski definition) is 0. The molecule has 8 aromatic rings. The van der Waals surface area contributed by atoms with Crippen molar-refractivity contribution in [3.63, 3.8) is 0 Å². The van der Waals surface area contributed by atoms with Crippen molar-refractivity contribution in [2.24, 2.45) is 0 Å². The van der Waals surface area contributed by atoms with E-state index in [1.54, 1.807) is 21.6 Å². The highest BCUT2D eigenvalue weighted by atomic mass is 32.1. The molecule has 0 unspecified atom stereocenters. The van der Waals surface area contributed by atoms with Gasteiger partial charge in [0.15, 0.2) is 0 Å². The quantitative estimate of drug-likeness (QED) is 0.0380. The minimum absolute atomic E-state index is 1.15. The molecule has 1 aliphatic rings. The molecule has 0 bridgehead atoms. The zero-order valence-electron chi connectivity index (χ0n) is 43.3. The van der Waals surface area contributed by atoms with Crippen molar-refractivity contribution >= 4 is 90.7 Å². The van der Waals surface area contributed by atoms with Crippen LogP contribution in [0.25, 0.3) is 68.3 Å². The topological polar surface area (TPSA) is 0 Å². The summed E-state index contributed by atoms with van der Waals surface area (Å²) in [6.07, 6.45) is 37.9. The fourth-order valence-corrected chi connectivity index (χ4v) is 19.5. The fourth-order valence-electron chi connectivity index (χ4n) is 10.0. The lowest BCUT2D eigenvalue weighted by molar-refractivity contribution is 0.667. The van der Waals surface area contributed by atoms with E-state index in [2.05, 4.69) is 166 Å². The van der Waals surface area contributed by atoms with E-state index in [0.717, 1.165) is 12.8 Å². The van der Waals surface area contributed by atoms with Crippen LogP contribution < -0.4 is 0 Å². The monoisotopic (exact) mass is 1100 g/mol. The SMILES string of the molecule is CCCCCCc1ccsc1-c1ccc(-c2ccc(-c3sc(-c4cc(CCCCCC)c(-c5ccc(-c6ccc(-c7sc(CCC[C]8[CH][CH][CH][CH]8)cc7CCCCCC)s6)s5)s4)cc3CCCCCC)s2)s1. The summed E-state index contributed by atoms with van der Waals surface area (Å²) in [5, 5.41) is 2.30. The van der Waals surface area contributed by atoms with Crippen LogP contribution in [0.1, 0.15) is 170 Å². The molecule has 379 valence electrons. The van der Waals surface area contributed by atoms with Crippen LogP contribution in [0.2, 0.25) is 0 Å². The minimum Gasteiger partial charge on any atom is -0.143 e. The molecule has 0 spiro atoms. The normalized spacial score (nSPS) is 13.2. The van der Waals surface area contributed by atoms with Gasteiger partial charge in [-0.1, -0.05) is 105 Å². The maximum Gasteiger partial charge on any atom is 0.0481 e. The summed E-state index contributed by atoms with van der Waals surface area (Å²) in [6.45, 7) is 9.28. The highest BCUT2D eigenvalue weighted by Gasteiger charge is 2.22. The number of aryl methyl sites for hydroxylation is 5. The van der Waals surface area contributed by atoms with Gasteiger partial charge in [0.05, 0.1) is 0 Å². The first kappa shape index (κ1) is 54.4. The molecule has 5 radical (unpaired) electrons. The summed E-state index contributed by atoms with van der Waals surface area (Å²) < 4.78 is 0. The molecular formula is C64H75S8. The maximum atomic E-state index is 2.59. The van der Waals surface area contributed by atoms with E-state index in [-0.39, 0.29) is 0 Å². The molecule has 0 amide bonds. The Labute approximate surface area is 467 Å². The van der Waals surface area contributed by atoms with Crippen molar-refractivity contribution in [1.82, 2.24) is 0 Å². The van der Waals surface area contributed by atoms with E-state index in [0.29, 0.717) is 0 Å². The summed E-state index contributed by atoms with van der Waals surface area (Å²) >= 11 is 16.1.